The van der Waals surface area contributed by atoms with Crippen LogP contribution in [0.1, 0.15) is 31.4 Å². The van der Waals surface area contributed by atoms with Crippen molar-refractivity contribution in [3.8, 4) is 11.3 Å². The Bertz CT molecular complexity index is 973. The molecule has 0 radical (unpaired) electrons. The number of rotatable bonds is 3. The summed E-state index contributed by atoms with van der Waals surface area (Å²) in [6.45, 7) is 1.35. The summed E-state index contributed by atoms with van der Waals surface area (Å²) in [5, 5.41) is 5.49. The first-order valence-corrected chi connectivity index (χ1v) is 10.6. The normalized spacial score (nSPS) is 26.0. The maximum absolute atomic E-state index is 13.2. The molecule has 1 aromatic carbocycles. The number of benzene rings is 1. The van der Waals surface area contributed by atoms with Gasteiger partial charge in [0.25, 0.3) is 0 Å². The van der Waals surface area contributed by atoms with Gasteiger partial charge in [-0.25, -0.2) is 4.39 Å². The van der Waals surface area contributed by atoms with Gasteiger partial charge in [-0.3, -0.25) is 4.68 Å². The molecule has 0 amide bonds. The number of allylic oxidation sites excluding steroid dienone is 3. The molecule has 1 aromatic heterocycles. The predicted molar refractivity (Wildman–Crippen MR) is 111 cm³/mol. The Hall–Kier alpha value is -1.95. The third-order valence-electron chi connectivity index (χ3n) is 6.47. The molecule has 0 N–H and O–H groups in total. The third kappa shape index (κ3) is 3.35. The first-order valence-electron chi connectivity index (χ1n) is 10.2. The second kappa shape index (κ2) is 7.38. The van der Waals surface area contributed by atoms with Crippen LogP contribution >= 0.6 is 11.6 Å². The lowest BCUT2D eigenvalue weighted by atomic mass is 9.93. The Morgan fingerprint density at radius 2 is 1.79 bits per heavy atom. The van der Waals surface area contributed by atoms with E-state index in [-0.39, 0.29) is 5.82 Å². The maximum Gasteiger partial charge on any atom is 0.174 e. The molecule has 2 atom stereocenters. The summed E-state index contributed by atoms with van der Waals surface area (Å²) >= 11 is 6.71. The maximum atomic E-state index is 13.2. The number of aryl methyl sites for hydroxylation is 1. The summed E-state index contributed by atoms with van der Waals surface area (Å²) in [5.41, 5.74) is 3.87. The largest absolute Gasteiger partial charge is 0.347 e. The van der Waals surface area contributed by atoms with Gasteiger partial charge in [0.15, 0.2) is 5.79 Å². The van der Waals surface area contributed by atoms with E-state index in [0.717, 1.165) is 53.2 Å². The zero-order valence-corrected chi connectivity index (χ0v) is 17.2. The van der Waals surface area contributed by atoms with E-state index in [2.05, 4.69) is 11.2 Å². The Labute approximate surface area is 175 Å². The quantitative estimate of drug-likeness (QED) is 0.684. The standard InChI is InChI=1S/C23H24ClFN2O2/c1-27-22(15-2-7-19(25)8-3-15)14-20(26-27)9-4-16-12-17-5-6-18(13-21(16)24)23(17)28-10-11-29-23/h2-4,7-9,14,17-18H,5-6,10-13H2,1H3. The SMILES string of the molecule is Cn1nc(C=CC2=C(Cl)CC3CCC(C2)C32OCCO2)cc1-c1ccc(F)cc1. The highest BCUT2D eigenvalue weighted by Gasteiger charge is 2.55. The van der Waals surface area contributed by atoms with Crippen molar-refractivity contribution in [1.82, 2.24) is 9.78 Å². The van der Waals surface area contributed by atoms with Crippen molar-refractivity contribution in [3.05, 3.63) is 58.5 Å². The fourth-order valence-corrected chi connectivity index (χ4v) is 5.40. The number of halogens is 2. The van der Waals surface area contributed by atoms with E-state index in [4.69, 9.17) is 21.1 Å². The minimum atomic E-state index is -0.434. The summed E-state index contributed by atoms with van der Waals surface area (Å²) in [6, 6.07) is 8.47. The number of ether oxygens (including phenoxy) is 2. The summed E-state index contributed by atoms with van der Waals surface area (Å²) in [5.74, 6) is 0.0160. The topological polar surface area (TPSA) is 36.3 Å². The van der Waals surface area contributed by atoms with Gasteiger partial charge in [-0.1, -0.05) is 17.7 Å². The van der Waals surface area contributed by atoms with Crippen LogP contribution in [-0.4, -0.2) is 28.8 Å². The van der Waals surface area contributed by atoms with Gasteiger partial charge in [0, 0.05) is 23.9 Å². The van der Waals surface area contributed by atoms with Gasteiger partial charge in [0.05, 0.1) is 24.6 Å². The summed E-state index contributed by atoms with van der Waals surface area (Å²) in [6.07, 6.45) is 7.99. The molecule has 29 heavy (non-hydrogen) atoms. The van der Waals surface area contributed by atoms with Crippen LogP contribution in [0, 0.1) is 17.7 Å². The molecule has 2 aliphatic carbocycles. The second-order valence-corrected chi connectivity index (χ2v) is 8.60. The minimum Gasteiger partial charge on any atom is -0.347 e. The first kappa shape index (κ1) is 19.0. The van der Waals surface area contributed by atoms with Crippen molar-refractivity contribution in [2.75, 3.05) is 13.2 Å². The third-order valence-corrected chi connectivity index (χ3v) is 6.87. The van der Waals surface area contributed by atoms with E-state index in [0.29, 0.717) is 25.0 Å². The second-order valence-electron chi connectivity index (χ2n) is 8.15. The number of nitrogens with zero attached hydrogens (tertiary/aromatic N) is 2. The summed E-state index contributed by atoms with van der Waals surface area (Å²) in [4.78, 5) is 0. The van der Waals surface area contributed by atoms with Crippen LogP contribution < -0.4 is 0 Å². The van der Waals surface area contributed by atoms with Crippen molar-refractivity contribution in [2.24, 2.45) is 18.9 Å². The number of hydrogen-bond acceptors (Lipinski definition) is 3. The van der Waals surface area contributed by atoms with Crippen LogP contribution in [0.15, 0.2) is 47.0 Å². The Morgan fingerprint density at radius 1 is 1.10 bits per heavy atom. The molecule has 1 spiro atoms. The zero-order valence-electron chi connectivity index (χ0n) is 16.4. The number of hydrogen-bond donors (Lipinski definition) is 0. The Kier molecular flexibility index (Phi) is 4.85. The molecule has 2 fully saturated rings. The fourth-order valence-electron chi connectivity index (χ4n) is 5.07. The lowest BCUT2D eigenvalue weighted by Gasteiger charge is -2.33. The van der Waals surface area contributed by atoms with Gasteiger partial charge < -0.3 is 9.47 Å². The van der Waals surface area contributed by atoms with Crippen LogP contribution in [0.2, 0.25) is 0 Å². The monoisotopic (exact) mass is 414 g/mol. The van der Waals surface area contributed by atoms with E-state index in [9.17, 15) is 4.39 Å². The molecule has 4 nitrogen and oxygen atoms in total. The van der Waals surface area contributed by atoms with Gasteiger partial charge in [-0.05, 0) is 73.2 Å². The van der Waals surface area contributed by atoms with Gasteiger partial charge in [-0.2, -0.15) is 5.10 Å². The highest BCUT2D eigenvalue weighted by atomic mass is 35.5. The van der Waals surface area contributed by atoms with E-state index in [1.165, 1.54) is 12.1 Å². The van der Waals surface area contributed by atoms with Crippen molar-refractivity contribution in [3.63, 3.8) is 0 Å². The molecule has 2 aromatic rings. The van der Waals surface area contributed by atoms with Gasteiger partial charge in [0.1, 0.15) is 5.82 Å². The van der Waals surface area contributed by atoms with Gasteiger partial charge in [-0.15, -0.1) is 0 Å². The van der Waals surface area contributed by atoms with E-state index in [1.807, 2.05) is 23.9 Å². The molecule has 2 heterocycles. The van der Waals surface area contributed by atoms with Crippen LogP contribution in [0.5, 0.6) is 0 Å². The Balaban J connectivity index is 1.38. The predicted octanol–water partition coefficient (Wildman–Crippen LogP) is 5.30. The first-order chi connectivity index (χ1) is 14.0. The highest BCUT2D eigenvalue weighted by molar-refractivity contribution is 6.30. The van der Waals surface area contributed by atoms with E-state index < -0.39 is 5.79 Å². The van der Waals surface area contributed by atoms with Gasteiger partial charge >= 0.3 is 0 Å². The van der Waals surface area contributed by atoms with E-state index >= 15 is 0 Å². The smallest absolute Gasteiger partial charge is 0.174 e. The summed E-state index contributed by atoms with van der Waals surface area (Å²) in [7, 11) is 1.89. The van der Waals surface area contributed by atoms with Gasteiger partial charge in [0.2, 0.25) is 0 Å². The van der Waals surface area contributed by atoms with Crippen molar-refractivity contribution in [1.29, 1.82) is 0 Å². The zero-order chi connectivity index (χ0) is 20.0. The molecule has 2 bridgehead atoms. The average molecular weight is 415 g/mol. The molecule has 5 rings (SSSR count). The van der Waals surface area contributed by atoms with Crippen molar-refractivity contribution in [2.45, 2.75) is 31.5 Å². The van der Waals surface area contributed by atoms with Crippen LogP contribution in [0.3, 0.4) is 0 Å². The summed E-state index contributed by atoms with van der Waals surface area (Å²) < 4.78 is 27.2. The average Bonchev–Trinajstić information content (AvgIpc) is 3.39. The molecule has 2 unspecified atom stereocenters. The lowest BCUT2D eigenvalue weighted by Crippen LogP contribution is -2.40. The molecule has 1 saturated heterocycles. The van der Waals surface area contributed by atoms with E-state index in [1.54, 1.807) is 12.1 Å². The molecule has 1 aliphatic heterocycles. The molecule has 1 saturated carbocycles. The lowest BCUT2D eigenvalue weighted by molar-refractivity contribution is -0.207. The number of aromatic nitrogens is 2. The van der Waals surface area contributed by atoms with Crippen molar-refractivity contribution < 1.29 is 13.9 Å². The van der Waals surface area contributed by atoms with Crippen LogP contribution in [0.25, 0.3) is 17.3 Å². The minimum absolute atomic E-state index is 0.242. The van der Waals surface area contributed by atoms with Crippen molar-refractivity contribution >= 4 is 17.7 Å². The molecule has 6 heteroatoms. The molecular weight excluding hydrogens is 391 g/mol. The highest BCUT2D eigenvalue weighted by Crippen LogP contribution is 2.54. The molecule has 3 aliphatic rings. The fraction of sp³-hybridized carbons (Fsp3) is 0.435. The molecular formula is C23H24ClFN2O2. The Morgan fingerprint density at radius 3 is 2.52 bits per heavy atom. The van der Waals surface area contributed by atoms with Crippen LogP contribution in [0.4, 0.5) is 4.39 Å². The molecule has 152 valence electrons. The van der Waals surface area contributed by atoms with Crippen LogP contribution in [-0.2, 0) is 16.5 Å².